The Morgan fingerprint density at radius 1 is 1.10 bits per heavy atom. The van der Waals surface area contributed by atoms with Gasteiger partial charge >= 0.3 is 0 Å². The van der Waals surface area contributed by atoms with Crippen molar-refractivity contribution < 1.29 is 9.53 Å². The number of para-hydroxylation sites is 1. The highest BCUT2D eigenvalue weighted by molar-refractivity contribution is 9.10. The van der Waals surface area contributed by atoms with Crippen LogP contribution >= 0.6 is 15.9 Å². The Balaban J connectivity index is 2.07. The van der Waals surface area contributed by atoms with Gasteiger partial charge < -0.3 is 9.30 Å². The molecular formula is C17H12BrNO2. The SMILES string of the molecule is O=C1COc2ccc(Br)cc2-c2cc3ccccc3n2C1. The summed E-state index contributed by atoms with van der Waals surface area (Å²) < 4.78 is 8.73. The summed E-state index contributed by atoms with van der Waals surface area (Å²) in [4.78, 5) is 12.1. The molecule has 0 spiro atoms. The summed E-state index contributed by atoms with van der Waals surface area (Å²) >= 11 is 3.51. The molecule has 4 rings (SSSR count). The lowest BCUT2D eigenvalue weighted by atomic mass is 10.1. The van der Waals surface area contributed by atoms with Crippen molar-refractivity contribution >= 4 is 32.6 Å². The van der Waals surface area contributed by atoms with E-state index in [2.05, 4.69) is 32.6 Å². The van der Waals surface area contributed by atoms with Crippen molar-refractivity contribution in [3.05, 3.63) is 53.0 Å². The Labute approximate surface area is 130 Å². The third kappa shape index (κ3) is 2.07. The van der Waals surface area contributed by atoms with Crippen LogP contribution < -0.4 is 4.74 Å². The molecule has 1 aliphatic rings. The first-order valence-corrected chi connectivity index (χ1v) is 7.54. The summed E-state index contributed by atoms with van der Waals surface area (Å²) in [5.74, 6) is 0.821. The van der Waals surface area contributed by atoms with Crippen LogP contribution in [-0.4, -0.2) is 17.0 Å². The molecule has 4 heteroatoms. The smallest absolute Gasteiger partial charge is 0.189 e. The number of nitrogens with zero attached hydrogens (tertiary/aromatic N) is 1. The highest BCUT2D eigenvalue weighted by atomic mass is 79.9. The van der Waals surface area contributed by atoms with Gasteiger partial charge in [-0.3, -0.25) is 4.79 Å². The van der Waals surface area contributed by atoms with Gasteiger partial charge in [0.15, 0.2) is 5.78 Å². The summed E-state index contributed by atoms with van der Waals surface area (Å²) in [6, 6.07) is 16.1. The van der Waals surface area contributed by atoms with Gasteiger partial charge in [0.2, 0.25) is 0 Å². The number of carbonyl (C=O) groups excluding carboxylic acids is 1. The molecule has 0 amide bonds. The number of carbonyl (C=O) groups is 1. The molecule has 0 radical (unpaired) electrons. The van der Waals surface area contributed by atoms with Crippen molar-refractivity contribution in [3.8, 4) is 17.0 Å². The van der Waals surface area contributed by atoms with E-state index in [1.54, 1.807) is 0 Å². The second-order valence-electron chi connectivity index (χ2n) is 5.14. The van der Waals surface area contributed by atoms with Crippen LogP contribution in [0.1, 0.15) is 0 Å². The van der Waals surface area contributed by atoms with Crippen molar-refractivity contribution in [2.24, 2.45) is 0 Å². The summed E-state index contributed by atoms with van der Waals surface area (Å²) in [7, 11) is 0. The minimum Gasteiger partial charge on any atom is -0.485 e. The molecule has 21 heavy (non-hydrogen) atoms. The van der Waals surface area contributed by atoms with Crippen LogP contribution in [0.4, 0.5) is 0 Å². The zero-order chi connectivity index (χ0) is 14.4. The average molecular weight is 342 g/mol. The number of hydrogen-bond acceptors (Lipinski definition) is 2. The first-order valence-electron chi connectivity index (χ1n) is 6.75. The van der Waals surface area contributed by atoms with E-state index in [-0.39, 0.29) is 12.4 Å². The van der Waals surface area contributed by atoms with Crippen molar-refractivity contribution in [1.82, 2.24) is 4.57 Å². The monoisotopic (exact) mass is 341 g/mol. The van der Waals surface area contributed by atoms with Crippen molar-refractivity contribution in [2.45, 2.75) is 6.54 Å². The van der Waals surface area contributed by atoms with Crippen LogP contribution in [0.25, 0.3) is 22.2 Å². The van der Waals surface area contributed by atoms with Gasteiger partial charge in [0.25, 0.3) is 0 Å². The Bertz CT molecular complexity index is 866. The van der Waals surface area contributed by atoms with Gasteiger partial charge in [0, 0.05) is 20.9 Å². The predicted octanol–water partition coefficient (Wildman–Crippen LogP) is 4.03. The molecule has 104 valence electrons. The third-order valence-electron chi connectivity index (χ3n) is 3.75. The Morgan fingerprint density at radius 2 is 1.95 bits per heavy atom. The summed E-state index contributed by atoms with van der Waals surface area (Å²) in [5, 5.41) is 1.13. The lowest BCUT2D eigenvalue weighted by Gasteiger charge is -2.18. The number of Topliss-reactive ketones (excluding diaryl/α,β-unsaturated/α-hetero) is 1. The predicted molar refractivity (Wildman–Crippen MR) is 85.6 cm³/mol. The molecule has 0 aliphatic carbocycles. The van der Waals surface area contributed by atoms with Gasteiger partial charge in [-0.1, -0.05) is 34.1 Å². The molecule has 0 saturated carbocycles. The lowest BCUT2D eigenvalue weighted by Crippen LogP contribution is -2.20. The third-order valence-corrected chi connectivity index (χ3v) is 4.24. The van der Waals surface area contributed by atoms with E-state index in [1.807, 2.05) is 36.4 Å². The molecule has 0 saturated heterocycles. The molecule has 0 unspecified atom stereocenters. The van der Waals surface area contributed by atoms with Gasteiger partial charge in [-0.15, -0.1) is 0 Å². The zero-order valence-electron chi connectivity index (χ0n) is 11.2. The quantitative estimate of drug-likeness (QED) is 0.618. The lowest BCUT2D eigenvalue weighted by molar-refractivity contribution is -0.121. The molecule has 0 N–H and O–H groups in total. The first kappa shape index (κ1) is 12.7. The maximum atomic E-state index is 12.1. The summed E-state index contributed by atoms with van der Waals surface area (Å²) in [6.07, 6.45) is 0. The van der Waals surface area contributed by atoms with Crippen molar-refractivity contribution in [1.29, 1.82) is 0 Å². The highest BCUT2D eigenvalue weighted by Gasteiger charge is 2.20. The molecule has 0 atom stereocenters. The number of rotatable bonds is 0. The minimum absolute atomic E-state index is 0.0752. The fourth-order valence-corrected chi connectivity index (χ4v) is 3.17. The largest absolute Gasteiger partial charge is 0.485 e. The second-order valence-corrected chi connectivity index (χ2v) is 6.06. The van der Waals surface area contributed by atoms with Gasteiger partial charge in [-0.2, -0.15) is 0 Å². The van der Waals surface area contributed by atoms with Gasteiger partial charge in [-0.25, -0.2) is 0 Å². The number of ketones is 1. The fraction of sp³-hybridized carbons (Fsp3) is 0.118. The number of halogens is 1. The minimum atomic E-state index is 0.0752. The maximum Gasteiger partial charge on any atom is 0.189 e. The van der Waals surface area contributed by atoms with Crippen LogP contribution in [0.5, 0.6) is 5.75 Å². The van der Waals surface area contributed by atoms with Crippen LogP contribution in [-0.2, 0) is 11.3 Å². The van der Waals surface area contributed by atoms with E-state index in [0.29, 0.717) is 6.54 Å². The number of aromatic nitrogens is 1. The van der Waals surface area contributed by atoms with E-state index in [4.69, 9.17) is 4.74 Å². The second kappa shape index (κ2) is 4.74. The highest BCUT2D eigenvalue weighted by Crippen LogP contribution is 2.37. The molecule has 2 aromatic carbocycles. The van der Waals surface area contributed by atoms with Crippen LogP contribution in [0.2, 0.25) is 0 Å². The fourth-order valence-electron chi connectivity index (χ4n) is 2.81. The van der Waals surface area contributed by atoms with E-state index in [9.17, 15) is 4.79 Å². The number of benzene rings is 2. The van der Waals surface area contributed by atoms with Gasteiger partial charge in [0.1, 0.15) is 12.4 Å². The number of fused-ring (bicyclic) bond motifs is 5. The molecule has 3 nitrogen and oxygen atoms in total. The molecular weight excluding hydrogens is 330 g/mol. The standard InChI is InChI=1S/C17H12BrNO2/c18-12-5-6-17-14(8-12)16-7-11-3-1-2-4-15(11)19(16)9-13(20)10-21-17/h1-8H,9-10H2. The molecule has 3 aromatic rings. The van der Waals surface area contributed by atoms with E-state index in [0.717, 1.165) is 32.4 Å². The van der Waals surface area contributed by atoms with E-state index in [1.165, 1.54) is 0 Å². The molecule has 0 bridgehead atoms. The van der Waals surface area contributed by atoms with Crippen molar-refractivity contribution in [2.75, 3.05) is 6.61 Å². The maximum absolute atomic E-state index is 12.1. The van der Waals surface area contributed by atoms with Crippen molar-refractivity contribution in [3.63, 3.8) is 0 Å². The van der Waals surface area contributed by atoms with Gasteiger partial charge in [-0.05, 0) is 30.3 Å². The topological polar surface area (TPSA) is 31.2 Å². The van der Waals surface area contributed by atoms with Crippen LogP contribution in [0, 0.1) is 0 Å². The molecule has 1 aromatic heterocycles. The summed E-state index contributed by atoms with van der Waals surface area (Å²) in [6.45, 7) is 0.454. The summed E-state index contributed by atoms with van der Waals surface area (Å²) in [5.41, 5.74) is 3.10. The van der Waals surface area contributed by atoms with Crippen LogP contribution in [0.3, 0.4) is 0 Å². The Hall–Kier alpha value is -2.07. The average Bonchev–Trinajstić information content (AvgIpc) is 2.83. The van der Waals surface area contributed by atoms with E-state index < -0.39 is 0 Å². The first-order chi connectivity index (χ1) is 10.2. The molecule has 0 fully saturated rings. The van der Waals surface area contributed by atoms with E-state index >= 15 is 0 Å². The Morgan fingerprint density at radius 3 is 2.86 bits per heavy atom. The normalized spacial score (nSPS) is 14.0. The van der Waals surface area contributed by atoms with Gasteiger partial charge in [0.05, 0.1) is 12.2 Å². The number of ether oxygens (including phenoxy) is 1. The zero-order valence-corrected chi connectivity index (χ0v) is 12.8. The van der Waals surface area contributed by atoms with Crippen LogP contribution in [0.15, 0.2) is 53.0 Å². The molecule has 1 aliphatic heterocycles. The number of hydrogen-bond donors (Lipinski definition) is 0. The molecule has 2 heterocycles. The Kier molecular flexibility index (Phi) is 2.86.